The topological polar surface area (TPSA) is 164 Å². The van der Waals surface area contributed by atoms with Crippen LogP contribution in [-0.4, -0.2) is 97.1 Å². The van der Waals surface area contributed by atoms with Gasteiger partial charge in [0.15, 0.2) is 19.0 Å². The number of rotatable bonds is 8. The summed E-state index contributed by atoms with van der Waals surface area (Å²) in [6.07, 6.45) is 7.95. The number of piperidine rings is 2. The van der Waals surface area contributed by atoms with Crippen molar-refractivity contribution in [3.8, 4) is 11.5 Å². The van der Waals surface area contributed by atoms with Gasteiger partial charge in [0.2, 0.25) is 0 Å². The van der Waals surface area contributed by atoms with Gasteiger partial charge in [-0.3, -0.25) is 14.9 Å². The number of esters is 1. The molecule has 2 saturated heterocycles. The van der Waals surface area contributed by atoms with E-state index in [-0.39, 0.29) is 30.6 Å². The molecule has 2 aromatic carbocycles. The number of carbonyl (C=O) groups excluding carboxylic acids is 2. The number of nitrogens with one attached hydrogen (secondary N) is 1. The molecular formula is C31H40B2N4O9. The van der Waals surface area contributed by atoms with E-state index in [1.807, 2.05) is 29.1 Å². The Balaban J connectivity index is 0.000000211. The van der Waals surface area contributed by atoms with Gasteiger partial charge in [-0.05, 0) is 81.7 Å². The molecule has 0 aliphatic carbocycles. The average molecular weight is 634 g/mol. The largest absolute Gasteiger partial charge is 0.482 e. The lowest BCUT2D eigenvalue weighted by molar-refractivity contribution is -0.385. The van der Waals surface area contributed by atoms with Crippen molar-refractivity contribution in [1.29, 1.82) is 0 Å². The predicted molar refractivity (Wildman–Crippen MR) is 176 cm³/mol. The fourth-order valence-corrected chi connectivity index (χ4v) is 5.48. The minimum Gasteiger partial charge on any atom is -0.482 e. The molecule has 3 aliphatic rings. The van der Waals surface area contributed by atoms with Crippen LogP contribution in [0.2, 0.25) is 13.6 Å². The Morgan fingerprint density at radius 1 is 1.02 bits per heavy atom. The summed E-state index contributed by atoms with van der Waals surface area (Å²) in [6, 6.07) is 10.4. The molecule has 0 radical (unpaired) electrons. The molecule has 46 heavy (non-hydrogen) atoms. The first-order chi connectivity index (χ1) is 22.0. The van der Waals surface area contributed by atoms with Crippen LogP contribution in [-0.2, 0) is 14.3 Å². The van der Waals surface area contributed by atoms with Crippen LogP contribution >= 0.6 is 0 Å². The number of fused-ring (bicyclic) bond motifs is 1. The smallest absolute Gasteiger partial charge is 0.376 e. The number of benzene rings is 2. The molecule has 13 nitrogen and oxygen atoms in total. The van der Waals surface area contributed by atoms with Crippen molar-refractivity contribution in [2.45, 2.75) is 39.3 Å². The number of nitro groups is 1. The molecule has 5 rings (SSSR count). The van der Waals surface area contributed by atoms with E-state index in [1.54, 1.807) is 19.7 Å². The molecule has 0 unspecified atom stereocenters. The summed E-state index contributed by atoms with van der Waals surface area (Å²) >= 11 is 0. The van der Waals surface area contributed by atoms with Gasteiger partial charge in [-0.2, -0.15) is 0 Å². The molecule has 1 amide bonds. The van der Waals surface area contributed by atoms with Gasteiger partial charge in [0.1, 0.15) is 5.75 Å². The first-order valence-electron chi connectivity index (χ1n) is 15.3. The molecule has 2 fully saturated rings. The number of anilines is 1. The van der Waals surface area contributed by atoms with E-state index in [1.165, 1.54) is 24.8 Å². The number of nitrogens with zero attached hydrogens (tertiary/aromatic N) is 3. The van der Waals surface area contributed by atoms with Gasteiger partial charge >= 0.3 is 25.8 Å². The predicted octanol–water partition coefficient (Wildman–Crippen LogP) is 3.34. The average Bonchev–Trinajstić information content (AvgIpc) is 3.04. The van der Waals surface area contributed by atoms with Crippen LogP contribution in [0.3, 0.4) is 0 Å². The summed E-state index contributed by atoms with van der Waals surface area (Å²) in [5, 5.41) is 33.5. The molecular weight excluding hydrogens is 594 g/mol. The third-order valence-corrected chi connectivity index (χ3v) is 7.89. The highest BCUT2D eigenvalue weighted by Gasteiger charge is 2.23. The summed E-state index contributed by atoms with van der Waals surface area (Å²) in [7, 11) is 0.285. The molecule has 3 aliphatic heterocycles. The zero-order chi connectivity index (χ0) is 33.2. The van der Waals surface area contributed by atoms with Gasteiger partial charge in [0.05, 0.1) is 17.7 Å². The molecule has 2 aromatic rings. The van der Waals surface area contributed by atoms with Crippen LogP contribution < -0.4 is 14.8 Å². The molecule has 244 valence electrons. The van der Waals surface area contributed by atoms with E-state index in [9.17, 15) is 29.8 Å². The van der Waals surface area contributed by atoms with Crippen molar-refractivity contribution in [3.05, 3.63) is 68.8 Å². The highest BCUT2D eigenvalue weighted by molar-refractivity contribution is 6.45. The molecule has 0 saturated carbocycles. The minimum absolute atomic E-state index is 0.0202. The van der Waals surface area contributed by atoms with E-state index in [2.05, 4.69) is 20.9 Å². The molecule has 0 aromatic heterocycles. The van der Waals surface area contributed by atoms with Crippen molar-refractivity contribution < 1.29 is 38.8 Å². The SMILES string of the molecule is CB(O)N1CCCC(=Cc2ccc3c(c2)NC(=O)CO3)C1.COC(=O)COc1ccc(C=C2CCCN(B(C)O)C2)cc1[N+](=O)[O-]. The number of nitro benzene ring substituents is 1. The van der Waals surface area contributed by atoms with E-state index >= 15 is 0 Å². The van der Waals surface area contributed by atoms with Crippen molar-refractivity contribution in [2.75, 3.05) is 51.8 Å². The normalized spacial score (nSPS) is 18.4. The van der Waals surface area contributed by atoms with Gasteiger partial charge in [-0.25, -0.2) is 4.79 Å². The Morgan fingerprint density at radius 2 is 1.61 bits per heavy atom. The van der Waals surface area contributed by atoms with Crippen LogP contribution in [0.5, 0.6) is 11.5 Å². The fourth-order valence-electron chi connectivity index (χ4n) is 5.48. The van der Waals surface area contributed by atoms with Gasteiger partial charge in [0, 0.05) is 19.2 Å². The van der Waals surface area contributed by atoms with Gasteiger partial charge in [-0.15, -0.1) is 0 Å². The Kier molecular flexibility index (Phi) is 12.4. The van der Waals surface area contributed by atoms with E-state index < -0.39 is 25.0 Å². The van der Waals surface area contributed by atoms with Crippen molar-refractivity contribution in [2.24, 2.45) is 0 Å². The second kappa shape index (κ2) is 16.4. The van der Waals surface area contributed by atoms with E-state index in [4.69, 9.17) is 9.47 Å². The monoisotopic (exact) mass is 634 g/mol. The molecule has 15 heteroatoms. The first kappa shape index (κ1) is 34.7. The van der Waals surface area contributed by atoms with Gasteiger partial charge < -0.3 is 39.2 Å². The molecule has 3 heterocycles. The zero-order valence-corrected chi connectivity index (χ0v) is 26.4. The lowest BCUT2D eigenvalue weighted by atomic mass is 9.82. The maximum absolute atomic E-state index is 11.4. The van der Waals surface area contributed by atoms with Crippen LogP contribution in [0, 0.1) is 10.1 Å². The second-order valence-electron chi connectivity index (χ2n) is 11.5. The minimum atomic E-state index is -0.610. The maximum atomic E-state index is 11.4. The summed E-state index contributed by atoms with van der Waals surface area (Å²) in [5.41, 5.74) is 4.64. The van der Waals surface area contributed by atoms with Crippen molar-refractivity contribution in [1.82, 2.24) is 9.62 Å². The Bertz CT molecular complexity index is 1480. The fraction of sp³-hybridized carbons (Fsp3) is 0.419. The van der Waals surface area contributed by atoms with Crippen LogP contribution in [0.1, 0.15) is 36.8 Å². The van der Waals surface area contributed by atoms with E-state index in [0.717, 1.165) is 62.1 Å². The van der Waals surface area contributed by atoms with Crippen LogP contribution in [0.25, 0.3) is 12.2 Å². The number of amides is 1. The number of hydrogen-bond donors (Lipinski definition) is 3. The van der Waals surface area contributed by atoms with E-state index in [0.29, 0.717) is 17.9 Å². The summed E-state index contributed by atoms with van der Waals surface area (Å²) in [6.45, 7) is 6.40. The second-order valence-corrected chi connectivity index (χ2v) is 11.5. The number of ether oxygens (including phenoxy) is 3. The molecule has 0 spiro atoms. The number of carbonyl (C=O) groups is 2. The Morgan fingerprint density at radius 3 is 2.17 bits per heavy atom. The highest BCUT2D eigenvalue weighted by atomic mass is 16.6. The standard InChI is InChI=1S/C16H21BN2O6.C15H19BN2O3/c1-17(21)18-7-3-4-13(10-18)8-12-5-6-15(14(9-12)19(22)23)25-11-16(20)24-2;1-16(20)18-6-2-3-12(9-18)7-11-4-5-14-13(8-11)17-15(19)10-21-14/h5-6,8-9,21H,3-4,7,10-11H2,1-2H3;4-5,7-8,20H,2-3,6,9-10H2,1H3,(H,17,19). The van der Waals surface area contributed by atoms with Crippen molar-refractivity contribution >= 4 is 49.5 Å². The molecule has 0 bridgehead atoms. The summed E-state index contributed by atoms with van der Waals surface area (Å²) in [5.74, 6) is 0.00367. The van der Waals surface area contributed by atoms with Crippen LogP contribution in [0.4, 0.5) is 11.4 Å². The Hall–Kier alpha value is -4.17. The molecule has 3 N–H and O–H groups in total. The van der Waals surface area contributed by atoms with Gasteiger partial charge in [-0.1, -0.05) is 35.4 Å². The third kappa shape index (κ3) is 9.91. The van der Waals surface area contributed by atoms with Crippen LogP contribution in [0.15, 0.2) is 47.5 Å². The zero-order valence-electron chi connectivity index (χ0n) is 26.4. The quantitative estimate of drug-likeness (QED) is 0.169. The number of methoxy groups -OCH3 is 1. The lowest BCUT2D eigenvalue weighted by Crippen LogP contribution is -2.41. The first-order valence-corrected chi connectivity index (χ1v) is 15.3. The lowest BCUT2D eigenvalue weighted by Gasteiger charge is -2.29. The summed E-state index contributed by atoms with van der Waals surface area (Å²) in [4.78, 5) is 37.2. The van der Waals surface area contributed by atoms with Gasteiger partial charge in [0.25, 0.3) is 5.91 Å². The maximum Gasteiger partial charge on any atom is 0.376 e. The Labute approximate surface area is 269 Å². The number of hydrogen-bond acceptors (Lipinski definition) is 11. The molecule has 0 atom stereocenters. The highest BCUT2D eigenvalue weighted by Crippen LogP contribution is 2.31. The third-order valence-electron chi connectivity index (χ3n) is 7.89. The summed E-state index contributed by atoms with van der Waals surface area (Å²) < 4.78 is 15.0. The van der Waals surface area contributed by atoms with Crippen molar-refractivity contribution in [3.63, 3.8) is 0 Å².